The van der Waals surface area contributed by atoms with Crippen molar-refractivity contribution in [1.29, 1.82) is 0 Å². The number of likely N-dealkylation sites (tertiary alicyclic amines) is 1. The second-order valence-corrected chi connectivity index (χ2v) is 4.09. The summed E-state index contributed by atoms with van der Waals surface area (Å²) in [5.74, 6) is 0. The molecule has 1 heterocycles. The van der Waals surface area contributed by atoms with E-state index < -0.39 is 36.6 Å². The molecule has 3 atom stereocenters. The Morgan fingerprint density at radius 2 is 2.00 bits per heavy atom. The fourth-order valence-electron chi connectivity index (χ4n) is 1.50. The summed E-state index contributed by atoms with van der Waals surface area (Å²) in [4.78, 5) is 22.6. The summed E-state index contributed by atoms with van der Waals surface area (Å²) >= 11 is 0. The minimum atomic E-state index is -4.68. The van der Waals surface area contributed by atoms with E-state index in [-0.39, 0.29) is 13.1 Å². The lowest BCUT2D eigenvalue weighted by Gasteiger charge is -2.19. The maximum Gasteiger partial charge on any atom is 0.425 e. The van der Waals surface area contributed by atoms with E-state index in [9.17, 15) is 27.9 Å². The predicted molar refractivity (Wildman–Crippen MR) is 54.5 cm³/mol. The molecular formula is C9H13F3N2O5. The number of carbonyl (C=O) groups excluding carboxylic acids is 1. The molecule has 1 fully saturated rings. The first-order chi connectivity index (χ1) is 8.61. The predicted octanol–water partition coefficient (Wildman–Crippen LogP) is 0.386. The highest BCUT2D eigenvalue weighted by Gasteiger charge is 2.40. The number of nitrogens with zero attached hydrogens (tertiary/aromatic N) is 1. The summed E-state index contributed by atoms with van der Waals surface area (Å²) in [6.45, 7) is 0.218. The molecule has 1 aliphatic rings. The van der Waals surface area contributed by atoms with Crippen LogP contribution in [0.4, 0.5) is 22.8 Å². The van der Waals surface area contributed by atoms with Gasteiger partial charge >= 0.3 is 18.4 Å². The van der Waals surface area contributed by atoms with E-state index in [0.29, 0.717) is 6.92 Å². The van der Waals surface area contributed by atoms with E-state index in [1.165, 1.54) is 0 Å². The molecule has 3 N–H and O–H groups in total. The summed E-state index contributed by atoms with van der Waals surface area (Å²) in [6.07, 6.45) is -10.8. The highest BCUT2D eigenvalue weighted by Crippen LogP contribution is 2.22. The zero-order valence-corrected chi connectivity index (χ0v) is 9.85. The average Bonchev–Trinajstić information content (AvgIpc) is 2.59. The molecule has 0 aromatic carbocycles. The molecule has 0 aromatic heterocycles. The molecule has 7 nitrogen and oxygen atoms in total. The largest absolute Gasteiger partial charge is 0.465 e. The van der Waals surface area contributed by atoms with Crippen LogP contribution >= 0.6 is 0 Å². The van der Waals surface area contributed by atoms with Crippen molar-refractivity contribution in [2.24, 2.45) is 0 Å². The highest BCUT2D eigenvalue weighted by molar-refractivity contribution is 5.69. The summed E-state index contributed by atoms with van der Waals surface area (Å²) in [5.41, 5.74) is 0. The van der Waals surface area contributed by atoms with Gasteiger partial charge in [-0.1, -0.05) is 0 Å². The van der Waals surface area contributed by atoms with Crippen LogP contribution in [0.25, 0.3) is 0 Å². The van der Waals surface area contributed by atoms with E-state index in [1.807, 2.05) is 5.32 Å². The van der Waals surface area contributed by atoms with E-state index >= 15 is 0 Å². The Hall–Kier alpha value is -1.71. The third-order valence-electron chi connectivity index (χ3n) is 2.61. The summed E-state index contributed by atoms with van der Waals surface area (Å²) < 4.78 is 40.5. The van der Waals surface area contributed by atoms with Crippen LogP contribution in [0.3, 0.4) is 0 Å². The summed E-state index contributed by atoms with van der Waals surface area (Å²) in [6, 6.07) is -0.996. The van der Waals surface area contributed by atoms with Gasteiger partial charge in [0.25, 0.3) is 0 Å². The molecule has 10 heteroatoms. The van der Waals surface area contributed by atoms with E-state index in [2.05, 4.69) is 4.74 Å². The van der Waals surface area contributed by atoms with Crippen LogP contribution in [-0.2, 0) is 4.74 Å². The number of ether oxygens (including phenoxy) is 1. The van der Waals surface area contributed by atoms with Crippen LogP contribution in [0.15, 0.2) is 0 Å². The second-order valence-electron chi connectivity index (χ2n) is 4.09. The minimum absolute atomic E-state index is 0.216. The quantitative estimate of drug-likeness (QED) is 0.682. The van der Waals surface area contributed by atoms with Crippen LogP contribution in [0.2, 0.25) is 0 Å². The van der Waals surface area contributed by atoms with Gasteiger partial charge in [-0.15, -0.1) is 0 Å². The molecule has 0 aromatic rings. The lowest BCUT2D eigenvalue weighted by molar-refractivity contribution is -0.197. The fourth-order valence-corrected chi connectivity index (χ4v) is 1.50. The number of nitrogens with one attached hydrogen (secondary N) is 1. The Labute approximate surface area is 105 Å². The van der Waals surface area contributed by atoms with Crippen molar-refractivity contribution in [2.75, 3.05) is 13.1 Å². The first kappa shape index (κ1) is 15.3. The number of amides is 2. The lowest BCUT2D eigenvalue weighted by atomic mass is 10.2. The van der Waals surface area contributed by atoms with Crippen LogP contribution in [0, 0.1) is 0 Å². The number of hydrogen-bond donors (Lipinski definition) is 3. The van der Waals surface area contributed by atoms with Crippen LogP contribution in [0.5, 0.6) is 0 Å². The molecule has 0 saturated carbocycles. The van der Waals surface area contributed by atoms with Gasteiger partial charge in [0, 0.05) is 6.54 Å². The van der Waals surface area contributed by atoms with Crippen LogP contribution < -0.4 is 5.32 Å². The molecule has 1 saturated heterocycles. The Kier molecular flexibility index (Phi) is 4.45. The zero-order chi connectivity index (χ0) is 14.8. The topological polar surface area (TPSA) is 99.1 Å². The Balaban J connectivity index is 2.47. The molecule has 0 unspecified atom stereocenters. The number of aliphatic hydroxyl groups is 1. The van der Waals surface area contributed by atoms with Crippen molar-refractivity contribution in [3.8, 4) is 0 Å². The molecule has 0 aliphatic carbocycles. The molecule has 2 amide bonds. The molecule has 0 radical (unpaired) electrons. The number of β-amino-alcohol motifs (C(OH)–C–C–N with tert-alkyl or cyclic N) is 1. The Morgan fingerprint density at radius 3 is 2.42 bits per heavy atom. The average molecular weight is 286 g/mol. The van der Waals surface area contributed by atoms with Gasteiger partial charge in [0.2, 0.25) is 0 Å². The van der Waals surface area contributed by atoms with E-state index in [0.717, 1.165) is 4.90 Å². The van der Waals surface area contributed by atoms with Crippen molar-refractivity contribution < 1.29 is 37.7 Å². The van der Waals surface area contributed by atoms with Crippen LogP contribution in [-0.4, -0.2) is 64.8 Å². The van der Waals surface area contributed by atoms with Gasteiger partial charge in [-0.25, -0.2) is 9.59 Å². The molecule has 110 valence electrons. The number of carboxylic acid groups (broad SMARTS) is 1. The monoisotopic (exact) mass is 286 g/mol. The SMILES string of the molecule is C[C@H](OC(=O)N[C@@H]1CN(C(=O)O)C[C@H]1O)C(F)(F)F. The summed E-state index contributed by atoms with van der Waals surface area (Å²) in [7, 11) is 0. The number of rotatable bonds is 2. The maximum absolute atomic E-state index is 12.1. The second kappa shape index (κ2) is 5.51. The lowest BCUT2D eigenvalue weighted by Crippen LogP contribution is -2.45. The van der Waals surface area contributed by atoms with Gasteiger partial charge in [-0.05, 0) is 6.92 Å². The van der Waals surface area contributed by atoms with Crippen molar-refractivity contribution in [3.05, 3.63) is 0 Å². The first-order valence-electron chi connectivity index (χ1n) is 5.31. The fraction of sp³-hybridized carbons (Fsp3) is 0.778. The van der Waals surface area contributed by atoms with E-state index in [4.69, 9.17) is 5.11 Å². The van der Waals surface area contributed by atoms with E-state index in [1.54, 1.807) is 0 Å². The number of hydrogen-bond acceptors (Lipinski definition) is 4. The molecule has 1 rings (SSSR count). The normalized spacial score (nSPS) is 25.0. The number of alkyl halides is 3. The Morgan fingerprint density at radius 1 is 1.42 bits per heavy atom. The van der Waals surface area contributed by atoms with Crippen molar-refractivity contribution in [1.82, 2.24) is 10.2 Å². The molecular weight excluding hydrogens is 273 g/mol. The molecule has 0 spiro atoms. The summed E-state index contributed by atoms with van der Waals surface area (Å²) in [5, 5.41) is 20.1. The number of halogens is 3. The van der Waals surface area contributed by atoms with Gasteiger partial charge in [0.15, 0.2) is 6.10 Å². The van der Waals surface area contributed by atoms with Crippen molar-refractivity contribution >= 4 is 12.2 Å². The van der Waals surface area contributed by atoms with Gasteiger partial charge in [-0.3, -0.25) is 0 Å². The third kappa shape index (κ3) is 4.16. The smallest absolute Gasteiger partial charge is 0.425 e. The number of alkyl carbamates (subject to hydrolysis) is 1. The van der Waals surface area contributed by atoms with Crippen molar-refractivity contribution in [3.63, 3.8) is 0 Å². The number of carbonyl (C=O) groups is 2. The standard InChI is InChI=1S/C9H13F3N2O5/c1-4(9(10,11)12)19-7(16)13-5-2-14(8(17)18)3-6(5)15/h4-6,15H,2-3H2,1H3,(H,13,16)(H,17,18)/t4-,5+,6+/m0/s1. The molecule has 19 heavy (non-hydrogen) atoms. The molecule has 0 bridgehead atoms. The zero-order valence-electron chi connectivity index (χ0n) is 9.85. The van der Waals surface area contributed by atoms with Gasteiger partial charge in [0.1, 0.15) is 0 Å². The first-order valence-corrected chi connectivity index (χ1v) is 5.31. The van der Waals surface area contributed by atoms with Gasteiger partial charge in [-0.2, -0.15) is 13.2 Å². The van der Waals surface area contributed by atoms with Gasteiger partial charge < -0.3 is 25.2 Å². The minimum Gasteiger partial charge on any atom is -0.465 e. The van der Waals surface area contributed by atoms with Crippen LogP contribution in [0.1, 0.15) is 6.92 Å². The molecule has 1 aliphatic heterocycles. The Bertz CT molecular complexity index is 362. The highest BCUT2D eigenvalue weighted by atomic mass is 19.4. The van der Waals surface area contributed by atoms with Gasteiger partial charge in [0.05, 0.1) is 18.7 Å². The number of aliphatic hydroxyl groups excluding tert-OH is 1. The third-order valence-corrected chi connectivity index (χ3v) is 2.61. The maximum atomic E-state index is 12.1. The van der Waals surface area contributed by atoms with Crippen molar-refractivity contribution in [2.45, 2.75) is 31.3 Å².